The van der Waals surface area contributed by atoms with E-state index in [0.717, 1.165) is 37.5 Å². The molecule has 0 saturated carbocycles. The molecule has 35 heavy (non-hydrogen) atoms. The highest BCUT2D eigenvalue weighted by Crippen LogP contribution is 2.40. The van der Waals surface area contributed by atoms with Gasteiger partial charge >= 0.3 is 0 Å². The molecular weight excluding hydrogens is 498 g/mol. The molecule has 15 heteroatoms. The van der Waals surface area contributed by atoms with Gasteiger partial charge in [0.1, 0.15) is 30.8 Å². The fourth-order valence-electron chi connectivity index (χ4n) is 4.35. The summed E-state index contributed by atoms with van der Waals surface area (Å²) in [7, 11) is 3.33. The largest absolute Gasteiger partial charge is 0.543 e. The fraction of sp³-hybridized carbons (Fsp3) is 0.500. The van der Waals surface area contributed by atoms with E-state index in [0.29, 0.717) is 28.8 Å². The Kier molecular flexibility index (Phi) is 7.39. The van der Waals surface area contributed by atoms with Gasteiger partial charge < -0.3 is 35.2 Å². The lowest BCUT2D eigenvalue weighted by atomic mass is 10.0. The Hall–Kier alpha value is -3.01. The molecule has 0 bridgehead atoms. The fourth-order valence-corrected chi connectivity index (χ4v) is 6.34. The number of anilines is 1. The van der Waals surface area contributed by atoms with E-state index in [2.05, 4.69) is 33.1 Å². The van der Waals surface area contributed by atoms with Gasteiger partial charge in [-0.2, -0.15) is 0 Å². The number of amides is 3. The van der Waals surface area contributed by atoms with Gasteiger partial charge in [-0.15, -0.1) is 23.1 Å². The second-order valence-corrected chi connectivity index (χ2v) is 10.5. The van der Waals surface area contributed by atoms with Crippen molar-refractivity contribution in [2.75, 3.05) is 58.0 Å². The number of hydrogen-bond acceptors (Lipinski definition) is 11. The van der Waals surface area contributed by atoms with Gasteiger partial charge in [-0.25, -0.2) is 4.98 Å². The van der Waals surface area contributed by atoms with Crippen LogP contribution in [0.1, 0.15) is 5.69 Å². The quantitative estimate of drug-likeness (QED) is 0.104. The van der Waals surface area contributed by atoms with Crippen molar-refractivity contribution < 1.29 is 33.6 Å². The van der Waals surface area contributed by atoms with E-state index < -0.39 is 29.2 Å². The zero-order valence-corrected chi connectivity index (χ0v) is 20.7. The van der Waals surface area contributed by atoms with Crippen LogP contribution in [-0.4, -0.2) is 108 Å². The predicted molar refractivity (Wildman–Crippen MR) is 126 cm³/mol. The summed E-state index contributed by atoms with van der Waals surface area (Å²) in [6, 6.07) is -0.944. The smallest absolute Gasteiger partial charge is 0.276 e. The molecule has 2 atom stereocenters. The third-order valence-electron chi connectivity index (χ3n) is 6.08. The zero-order chi connectivity index (χ0) is 25.2. The first-order valence-electron chi connectivity index (χ1n) is 10.8. The van der Waals surface area contributed by atoms with Gasteiger partial charge in [-0.3, -0.25) is 19.3 Å². The van der Waals surface area contributed by atoms with Crippen molar-refractivity contribution in [3.63, 3.8) is 0 Å². The summed E-state index contributed by atoms with van der Waals surface area (Å²) in [6.07, 6.45) is 0.457. The third-order valence-corrected chi connectivity index (χ3v) is 8.20. The summed E-state index contributed by atoms with van der Waals surface area (Å²) in [5.41, 5.74) is 0.538. The van der Waals surface area contributed by atoms with Crippen molar-refractivity contribution in [3.8, 4) is 0 Å². The lowest BCUT2D eigenvalue weighted by Gasteiger charge is -2.51. The molecule has 3 amide bonds. The lowest BCUT2D eigenvalue weighted by Crippen LogP contribution is -2.72. The number of thiazole rings is 1. The number of thioether (sulfide) groups is 1. The number of carboxylic acids is 1. The SMILES string of the molecule is CON=C(C(=O)N[C@@H]1C(=O)N2C(C(=O)[O-])=C(C[N+]3(C)CCNCC3)CS[C@@H]12)c1csc(NC=O)n1. The number of carbonyl (C=O) groups excluding carboxylic acids is 4. The van der Waals surface area contributed by atoms with E-state index in [1.165, 1.54) is 29.2 Å². The zero-order valence-electron chi connectivity index (χ0n) is 19.1. The summed E-state index contributed by atoms with van der Waals surface area (Å²) in [6.45, 7) is 3.90. The summed E-state index contributed by atoms with van der Waals surface area (Å²) < 4.78 is 0.679. The Labute approximate surface area is 209 Å². The highest BCUT2D eigenvalue weighted by Gasteiger charge is 2.53. The van der Waals surface area contributed by atoms with E-state index >= 15 is 0 Å². The van der Waals surface area contributed by atoms with Gasteiger partial charge in [0, 0.05) is 29.8 Å². The molecule has 188 valence electrons. The second kappa shape index (κ2) is 10.3. The maximum Gasteiger partial charge on any atom is 0.276 e. The molecule has 4 heterocycles. The number of quaternary nitrogens is 1. The molecule has 0 aromatic carbocycles. The van der Waals surface area contributed by atoms with Crippen LogP contribution in [0.15, 0.2) is 21.8 Å². The van der Waals surface area contributed by atoms with Gasteiger partial charge in [-0.1, -0.05) is 5.16 Å². The standard InChI is InChI=1S/C20H25N7O6S2/c1-27(5-3-21-4-6-27)7-11-8-34-18-14(17(30)26(18)15(11)19(31)32)24-16(29)13(25-33-2)12-9-35-20(23-12)22-10-28/h9-10,14,18,21H,3-8H2,1-2H3,(H2-,22,23,24,28,29,31,32)/t14-,18+/m1/s1. The number of carboxylic acid groups (broad SMARTS) is 1. The molecular formula is C20H25N7O6S2. The minimum atomic E-state index is -1.40. The number of nitrogens with zero attached hydrogens (tertiary/aromatic N) is 4. The average Bonchev–Trinajstić information content (AvgIpc) is 3.29. The molecule has 0 unspecified atom stereocenters. The van der Waals surface area contributed by atoms with Gasteiger partial charge in [0.05, 0.1) is 31.8 Å². The van der Waals surface area contributed by atoms with Crippen LogP contribution in [0.5, 0.6) is 0 Å². The molecule has 3 N–H and O–H groups in total. The average molecular weight is 524 g/mol. The maximum absolute atomic E-state index is 13.0. The molecule has 13 nitrogen and oxygen atoms in total. The van der Waals surface area contributed by atoms with E-state index in [9.17, 15) is 24.3 Å². The van der Waals surface area contributed by atoms with Crippen molar-refractivity contribution in [3.05, 3.63) is 22.3 Å². The molecule has 3 aliphatic rings. The highest BCUT2D eigenvalue weighted by atomic mass is 32.2. The normalized spacial score (nSPS) is 23.8. The first-order chi connectivity index (χ1) is 16.8. The summed E-state index contributed by atoms with van der Waals surface area (Å²) >= 11 is 2.48. The molecule has 0 radical (unpaired) electrons. The predicted octanol–water partition coefficient (Wildman–Crippen LogP) is -2.48. The molecule has 1 aromatic rings. The Morgan fingerprint density at radius 1 is 1.43 bits per heavy atom. The molecule has 2 saturated heterocycles. The third kappa shape index (κ3) is 5.03. The first kappa shape index (κ1) is 25.1. The van der Waals surface area contributed by atoms with Gasteiger partial charge in [0.25, 0.3) is 11.8 Å². The van der Waals surface area contributed by atoms with Crippen LogP contribution in [-0.2, 0) is 24.0 Å². The van der Waals surface area contributed by atoms with Crippen LogP contribution in [0.4, 0.5) is 5.13 Å². The monoisotopic (exact) mass is 523 g/mol. The van der Waals surface area contributed by atoms with Crippen LogP contribution in [0.25, 0.3) is 0 Å². The number of piperazine rings is 1. The van der Waals surface area contributed by atoms with E-state index in [1.54, 1.807) is 0 Å². The number of carbonyl (C=O) groups is 4. The molecule has 1 aromatic heterocycles. The van der Waals surface area contributed by atoms with Crippen LogP contribution in [0.2, 0.25) is 0 Å². The van der Waals surface area contributed by atoms with Gasteiger partial charge in [0.2, 0.25) is 6.41 Å². The van der Waals surface area contributed by atoms with Crippen LogP contribution < -0.4 is 21.1 Å². The van der Waals surface area contributed by atoms with E-state index in [1.807, 2.05) is 0 Å². The number of aromatic nitrogens is 1. The van der Waals surface area contributed by atoms with Crippen LogP contribution >= 0.6 is 23.1 Å². The lowest BCUT2D eigenvalue weighted by molar-refractivity contribution is -0.906. The Morgan fingerprint density at radius 3 is 2.83 bits per heavy atom. The van der Waals surface area contributed by atoms with E-state index in [-0.39, 0.29) is 22.2 Å². The van der Waals surface area contributed by atoms with Gasteiger partial charge in [0.15, 0.2) is 10.8 Å². The topological polar surface area (TPSA) is 165 Å². The summed E-state index contributed by atoms with van der Waals surface area (Å²) in [4.78, 5) is 58.7. The van der Waals surface area contributed by atoms with Crippen LogP contribution in [0, 0.1) is 0 Å². The number of oxime groups is 1. The van der Waals surface area contributed by atoms with Gasteiger partial charge in [-0.05, 0) is 0 Å². The van der Waals surface area contributed by atoms with Crippen molar-refractivity contribution in [1.82, 2.24) is 20.5 Å². The minimum Gasteiger partial charge on any atom is -0.543 e. The molecule has 4 rings (SSSR count). The number of likely N-dealkylation sites (N-methyl/N-ethyl adjacent to an activating group) is 1. The van der Waals surface area contributed by atoms with Crippen LogP contribution in [0.3, 0.4) is 0 Å². The minimum absolute atomic E-state index is 0.100. The number of nitrogens with one attached hydrogen (secondary N) is 3. The summed E-state index contributed by atoms with van der Waals surface area (Å²) in [5, 5.41) is 25.3. The Balaban J connectivity index is 1.50. The molecule has 0 aliphatic carbocycles. The maximum atomic E-state index is 13.0. The van der Waals surface area contributed by atoms with E-state index in [4.69, 9.17) is 4.84 Å². The number of hydrogen-bond donors (Lipinski definition) is 3. The van der Waals surface area contributed by atoms with Crippen molar-refractivity contribution in [2.45, 2.75) is 11.4 Å². The molecule has 0 spiro atoms. The number of β-lactam (4-membered cyclic amide) rings is 1. The second-order valence-electron chi connectivity index (χ2n) is 8.50. The van der Waals surface area contributed by atoms with Crippen molar-refractivity contribution >= 4 is 58.1 Å². The Morgan fingerprint density at radius 2 is 2.17 bits per heavy atom. The number of rotatable bonds is 9. The Bertz CT molecular complexity index is 1100. The molecule has 3 aliphatic heterocycles. The van der Waals surface area contributed by atoms with Crippen molar-refractivity contribution in [1.29, 1.82) is 0 Å². The van der Waals surface area contributed by atoms with Crippen molar-refractivity contribution in [2.24, 2.45) is 5.16 Å². The number of aliphatic carboxylic acids is 1. The first-order valence-corrected chi connectivity index (χ1v) is 12.7. The summed E-state index contributed by atoms with van der Waals surface area (Å²) in [5.74, 6) is -2.23. The number of fused-ring (bicyclic) bond motifs is 1. The highest BCUT2D eigenvalue weighted by molar-refractivity contribution is 8.00. The molecule has 2 fully saturated rings.